The lowest BCUT2D eigenvalue weighted by molar-refractivity contribution is -0.141. The van der Waals surface area contributed by atoms with E-state index in [1.807, 2.05) is 48.5 Å². The number of benzene rings is 2. The van der Waals surface area contributed by atoms with E-state index in [0.717, 1.165) is 22.3 Å². The van der Waals surface area contributed by atoms with Crippen LogP contribution in [0.4, 0.5) is 10.7 Å². The van der Waals surface area contributed by atoms with Crippen molar-refractivity contribution in [1.29, 1.82) is 0 Å². The zero-order valence-electron chi connectivity index (χ0n) is 17.5. The first-order valence-corrected chi connectivity index (χ1v) is 10.1. The van der Waals surface area contributed by atoms with Crippen LogP contribution in [0.15, 0.2) is 48.5 Å². The summed E-state index contributed by atoms with van der Waals surface area (Å²) in [4.78, 5) is 39.3. The molecule has 0 bridgehead atoms. The highest BCUT2D eigenvalue weighted by molar-refractivity contribution is 5.94. The number of aliphatic carboxylic acids is 1. The molecule has 0 fully saturated rings. The lowest BCUT2D eigenvalue weighted by atomic mass is 9.98. The van der Waals surface area contributed by atoms with Crippen molar-refractivity contribution in [2.24, 2.45) is 0 Å². The van der Waals surface area contributed by atoms with Crippen LogP contribution in [0.3, 0.4) is 0 Å². The molecule has 5 N–H and O–H groups in total. The number of hydrogen-bond acceptors (Lipinski definition) is 7. The zero-order valence-corrected chi connectivity index (χ0v) is 17.5. The smallest absolute Gasteiger partial charge is 0.414 e. The number of aromatic amines is 1. The van der Waals surface area contributed by atoms with E-state index >= 15 is 0 Å². The average molecular weight is 451 g/mol. The number of fused-ring (bicyclic) bond motifs is 3. The van der Waals surface area contributed by atoms with Gasteiger partial charge >= 0.3 is 12.1 Å². The molecule has 4 rings (SSSR count). The number of amides is 2. The number of aliphatic hydroxyl groups is 1. The molecule has 0 saturated carbocycles. The maximum atomic E-state index is 12.3. The molecule has 0 aliphatic heterocycles. The van der Waals surface area contributed by atoms with Crippen molar-refractivity contribution >= 4 is 23.9 Å². The topological polar surface area (TPSA) is 167 Å². The number of carboxylic acids is 1. The molecule has 1 aliphatic rings. The lowest BCUT2D eigenvalue weighted by Gasteiger charge is -2.15. The van der Waals surface area contributed by atoms with Crippen molar-refractivity contribution in [1.82, 2.24) is 20.5 Å². The molecule has 3 aromatic rings. The summed E-state index contributed by atoms with van der Waals surface area (Å²) >= 11 is 0. The summed E-state index contributed by atoms with van der Waals surface area (Å²) in [6.45, 7) is 1.32. The largest absolute Gasteiger partial charge is 0.480 e. The number of aliphatic hydroxyl groups excluding tert-OH is 1. The van der Waals surface area contributed by atoms with Gasteiger partial charge in [-0.25, -0.2) is 9.59 Å². The fourth-order valence-electron chi connectivity index (χ4n) is 3.74. The molecular weight excluding hydrogens is 430 g/mol. The van der Waals surface area contributed by atoms with E-state index in [1.165, 1.54) is 6.92 Å². The van der Waals surface area contributed by atoms with Crippen LogP contribution < -0.4 is 10.6 Å². The molecule has 2 amide bonds. The third kappa shape index (κ3) is 4.53. The van der Waals surface area contributed by atoms with Gasteiger partial charge in [-0.3, -0.25) is 15.2 Å². The molecule has 1 aromatic heterocycles. The van der Waals surface area contributed by atoms with Crippen molar-refractivity contribution in [3.8, 4) is 11.1 Å². The molecule has 33 heavy (non-hydrogen) atoms. The fourth-order valence-corrected chi connectivity index (χ4v) is 3.74. The first kappa shape index (κ1) is 22.0. The average Bonchev–Trinajstić information content (AvgIpc) is 3.38. The Labute approximate surface area is 187 Å². The van der Waals surface area contributed by atoms with E-state index in [4.69, 9.17) is 9.84 Å². The molecule has 0 spiro atoms. The summed E-state index contributed by atoms with van der Waals surface area (Å²) in [7, 11) is 0. The highest BCUT2D eigenvalue weighted by Gasteiger charge is 2.29. The van der Waals surface area contributed by atoms with Gasteiger partial charge in [-0.05, 0) is 29.2 Å². The highest BCUT2D eigenvalue weighted by Crippen LogP contribution is 2.44. The number of H-pyrrole nitrogens is 1. The van der Waals surface area contributed by atoms with E-state index in [2.05, 4.69) is 25.8 Å². The van der Waals surface area contributed by atoms with Gasteiger partial charge in [0.1, 0.15) is 6.61 Å². The molecule has 1 aliphatic carbocycles. The summed E-state index contributed by atoms with van der Waals surface area (Å²) in [5.41, 5.74) is 4.33. The van der Waals surface area contributed by atoms with Gasteiger partial charge in [-0.2, -0.15) is 4.98 Å². The van der Waals surface area contributed by atoms with Gasteiger partial charge in [0.2, 0.25) is 5.82 Å². The summed E-state index contributed by atoms with van der Waals surface area (Å²) in [6.07, 6.45) is -2.14. The number of aromatic nitrogens is 3. The molecule has 170 valence electrons. The Morgan fingerprint density at radius 3 is 2.27 bits per heavy atom. The molecule has 0 radical (unpaired) electrons. The summed E-state index contributed by atoms with van der Waals surface area (Å²) in [5.74, 6) is -2.99. The minimum Gasteiger partial charge on any atom is -0.480 e. The Hall–Kier alpha value is -4.25. The van der Waals surface area contributed by atoms with Crippen molar-refractivity contribution in [3.63, 3.8) is 0 Å². The number of ether oxygens (including phenoxy) is 1. The quantitative estimate of drug-likeness (QED) is 0.362. The molecule has 0 saturated heterocycles. The molecule has 11 heteroatoms. The second-order valence-corrected chi connectivity index (χ2v) is 7.49. The van der Waals surface area contributed by atoms with Gasteiger partial charge in [0.05, 0.1) is 6.10 Å². The summed E-state index contributed by atoms with van der Waals surface area (Å²) < 4.78 is 5.39. The number of hydrogen-bond donors (Lipinski definition) is 5. The second kappa shape index (κ2) is 9.09. The number of carbonyl (C=O) groups is 3. The van der Waals surface area contributed by atoms with Crippen molar-refractivity contribution in [2.45, 2.75) is 25.0 Å². The monoisotopic (exact) mass is 451 g/mol. The number of anilines is 1. The molecular formula is C22H21N5O6. The predicted molar refractivity (Wildman–Crippen MR) is 116 cm³/mol. The Kier molecular flexibility index (Phi) is 6.05. The van der Waals surface area contributed by atoms with Crippen LogP contribution in [0.5, 0.6) is 0 Å². The van der Waals surface area contributed by atoms with Crippen molar-refractivity contribution in [2.75, 3.05) is 11.9 Å². The Bertz CT molecular complexity index is 1160. The van der Waals surface area contributed by atoms with E-state index in [0.29, 0.717) is 0 Å². The van der Waals surface area contributed by atoms with Gasteiger partial charge in [0.25, 0.3) is 11.9 Å². The third-order valence-corrected chi connectivity index (χ3v) is 5.29. The highest BCUT2D eigenvalue weighted by atomic mass is 16.5. The molecule has 2 atom stereocenters. The van der Waals surface area contributed by atoms with Gasteiger partial charge in [0.15, 0.2) is 6.04 Å². The molecule has 11 nitrogen and oxygen atoms in total. The molecule has 1 heterocycles. The summed E-state index contributed by atoms with van der Waals surface area (Å²) in [5, 5.41) is 28.9. The van der Waals surface area contributed by atoms with E-state index in [1.54, 1.807) is 0 Å². The third-order valence-electron chi connectivity index (χ3n) is 5.29. The minimum absolute atomic E-state index is 0.0896. The Morgan fingerprint density at radius 1 is 1.09 bits per heavy atom. The fraction of sp³-hybridized carbons (Fsp3) is 0.227. The predicted octanol–water partition coefficient (Wildman–Crippen LogP) is 1.73. The van der Waals surface area contributed by atoms with Gasteiger partial charge < -0.3 is 20.3 Å². The number of carbonyl (C=O) groups excluding carboxylic acids is 2. The van der Waals surface area contributed by atoms with Crippen LogP contribution in [0.1, 0.15) is 34.6 Å². The second-order valence-electron chi connectivity index (χ2n) is 7.49. The number of nitrogens with zero attached hydrogens (tertiary/aromatic N) is 2. The van der Waals surface area contributed by atoms with Crippen LogP contribution in [-0.4, -0.2) is 62.1 Å². The first-order valence-electron chi connectivity index (χ1n) is 10.1. The normalized spacial score (nSPS) is 14.0. The summed E-state index contributed by atoms with van der Waals surface area (Å²) in [6, 6.07) is 14.3. The van der Waals surface area contributed by atoms with Crippen LogP contribution >= 0.6 is 0 Å². The maximum absolute atomic E-state index is 12.3. The van der Waals surface area contributed by atoms with Crippen LogP contribution in [-0.2, 0) is 9.53 Å². The van der Waals surface area contributed by atoms with Crippen LogP contribution in [0.2, 0.25) is 0 Å². The van der Waals surface area contributed by atoms with Gasteiger partial charge in [-0.1, -0.05) is 48.5 Å². The number of carboxylic acid groups (broad SMARTS) is 1. The molecule has 2 aromatic carbocycles. The Balaban J connectivity index is 1.37. The zero-order chi connectivity index (χ0) is 23.5. The number of nitrogens with one attached hydrogen (secondary N) is 3. The number of rotatable bonds is 7. The van der Waals surface area contributed by atoms with E-state index in [-0.39, 0.29) is 24.3 Å². The van der Waals surface area contributed by atoms with Crippen LogP contribution in [0.25, 0.3) is 11.1 Å². The van der Waals surface area contributed by atoms with Gasteiger partial charge in [0, 0.05) is 5.92 Å². The lowest BCUT2D eigenvalue weighted by Crippen LogP contribution is -2.47. The SMILES string of the molecule is CC(O)C(NC(=O)c1nc(NC(=O)OCC2c3ccccc3-c3ccccc32)n[nH]1)C(=O)O. The van der Waals surface area contributed by atoms with E-state index < -0.39 is 30.1 Å². The van der Waals surface area contributed by atoms with Crippen LogP contribution in [0, 0.1) is 0 Å². The maximum Gasteiger partial charge on any atom is 0.414 e. The van der Waals surface area contributed by atoms with Crippen molar-refractivity contribution < 1.29 is 29.3 Å². The van der Waals surface area contributed by atoms with Gasteiger partial charge in [-0.15, -0.1) is 5.10 Å². The Morgan fingerprint density at radius 2 is 1.70 bits per heavy atom. The molecule has 2 unspecified atom stereocenters. The first-order chi connectivity index (χ1) is 15.8. The minimum atomic E-state index is -1.53. The standard InChI is InChI=1S/C22H21N5O6/c1-11(28)17(20(30)31)23-19(29)18-24-21(27-26-18)25-22(32)33-10-16-14-8-4-2-6-12(14)13-7-3-5-9-15(13)16/h2-9,11,16-17,28H,10H2,1H3,(H,23,29)(H,30,31)(H2,24,25,26,27,32). The van der Waals surface area contributed by atoms with Crippen molar-refractivity contribution in [3.05, 3.63) is 65.5 Å². The van der Waals surface area contributed by atoms with E-state index in [9.17, 15) is 19.5 Å².